The normalized spacial score (nSPS) is 17.7. The Morgan fingerprint density at radius 3 is 2.09 bits per heavy atom. The summed E-state index contributed by atoms with van der Waals surface area (Å²) >= 11 is 0. The van der Waals surface area contributed by atoms with Crippen molar-refractivity contribution in [3.05, 3.63) is 59.9 Å². The van der Waals surface area contributed by atoms with Gasteiger partial charge in [-0.2, -0.15) is 0 Å². The summed E-state index contributed by atoms with van der Waals surface area (Å²) < 4.78 is 32.2. The van der Waals surface area contributed by atoms with Gasteiger partial charge in [0.2, 0.25) is 5.91 Å². The molecule has 34 heavy (non-hydrogen) atoms. The lowest BCUT2D eigenvalue weighted by molar-refractivity contribution is -0.144. The quantitative estimate of drug-likeness (QED) is 0.657. The van der Waals surface area contributed by atoms with Gasteiger partial charge in [0.15, 0.2) is 0 Å². The van der Waals surface area contributed by atoms with Crippen molar-refractivity contribution in [2.45, 2.75) is 50.9 Å². The minimum atomic E-state index is -1.51. The van der Waals surface area contributed by atoms with E-state index in [9.17, 15) is 28.3 Å². The topological polar surface area (TPSA) is 95.9 Å². The maximum absolute atomic E-state index is 13.7. The Balaban J connectivity index is 1.92. The molecule has 182 valence electrons. The molecule has 0 saturated carbocycles. The lowest BCUT2D eigenvalue weighted by Crippen LogP contribution is -2.53. The number of benzene rings is 2. The molecular weight excluding hydrogens is 446 g/mol. The van der Waals surface area contributed by atoms with E-state index in [0.717, 1.165) is 11.1 Å². The van der Waals surface area contributed by atoms with Crippen LogP contribution in [0.25, 0.3) is 11.1 Å². The molecule has 0 aromatic heterocycles. The number of ether oxygens (including phenoxy) is 1. The van der Waals surface area contributed by atoms with Crippen molar-refractivity contribution < 1.29 is 33.0 Å². The van der Waals surface area contributed by atoms with E-state index in [2.05, 4.69) is 5.32 Å². The summed E-state index contributed by atoms with van der Waals surface area (Å²) in [6, 6.07) is 10.7. The molecule has 2 amide bonds. The van der Waals surface area contributed by atoms with Crippen LogP contribution >= 0.6 is 0 Å². The van der Waals surface area contributed by atoms with Crippen molar-refractivity contribution in [2.24, 2.45) is 0 Å². The smallest absolute Gasteiger partial charge is 0.408 e. The van der Waals surface area contributed by atoms with Crippen LogP contribution in [0.15, 0.2) is 48.5 Å². The number of carboxylic acids is 1. The number of alkyl halides is 1. The lowest BCUT2D eigenvalue weighted by Gasteiger charge is -2.29. The van der Waals surface area contributed by atoms with Crippen LogP contribution in [-0.2, 0) is 14.3 Å². The number of nitrogens with zero attached hydrogens (tertiary/aromatic N) is 1. The minimum Gasteiger partial charge on any atom is -0.481 e. The number of hydrogen-bond donors (Lipinski definition) is 2. The summed E-state index contributed by atoms with van der Waals surface area (Å²) in [7, 11) is 0. The molecule has 0 unspecified atom stereocenters. The monoisotopic (exact) mass is 474 g/mol. The second-order valence-corrected chi connectivity index (χ2v) is 9.24. The first-order valence-electron chi connectivity index (χ1n) is 11.0. The fourth-order valence-corrected chi connectivity index (χ4v) is 3.84. The number of hydrogen-bond acceptors (Lipinski definition) is 4. The number of likely N-dealkylation sites (tertiary alicyclic amines) is 1. The number of halogens is 2. The van der Waals surface area contributed by atoms with Gasteiger partial charge in [0.25, 0.3) is 0 Å². The molecule has 2 N–H and O–H groups in total. The molecule has 2 aromatic rings. The summed E-state index contributed by atoms with van der Waals surface area (Å²) in [6.07, 6.45) is -2.00. The molecule has 1 aliphatic rings. The van der Waals surface area contributed by atoms with Gasteiger partial charge in [0, 0.05) is 6.54 Å². The number of nitrogens with one attached hydrogen (secondary N) is 1. The van der Waals surface area contributed by atoms with Gasteiger partial charge in [0.05, 0.1) is 6.54 Å². The van der Waals surface area contributed by atoms with E-state index in [-0.39, 0.29) is 30.9 Å². The number of carbonyl (C=O) groups excluding carboxylic acids is 2. The van der Waals surface area contributed by atoms with Gasteiger partial charge >= 0.3 is 12.1 Å². The van der Waals surface area contributed by atoms with Crippen molar-refractivity contribution in [1.82, 2.24) is 10.2 Å². The first-order chi connectivity index (χ1) is 15.9. The molecule has 0 bridgehead atoms. The Morgan fingerprint density at radius 2 is 1.62 bits per heavy atom. The zero-order valence-electron chi connectivity index (χ0n) is 19.3. The van der Waals surface area contributed by atoms with Gasteiger partial charge in [0.1, 0.15) is 29.5 Å². The van der Waals surface area contributed by atoms with Crippen LogP contribution in [0.2, 0.25) is 0 Å². The summed E-state index contributed by atoms with van der Waals surface area (Å²) in [5, 5.41) is 12.4. The van der Waals surface area contributed by atoms with Crippen LogP contribution in [0.4, 0.5) is 13.6 Å². The maximum atomic E-state index is 13.7. The Bertz CT molecular complexity index is 1030. The molecule has 9 heteroatoms. The fraction of sp³-hybridized carbons (Fsp3) is 0.400. The molecule has 3 atom stereocenters. The van der Waals surface area contributed by atoms with Crippen molar-refractivity contribution in [2.75, 3.05) is 13.1 Å². The summed E-state index contributed by atoms with van der Waals surface area (Å²) in [4.78, 5) is 39.2. The highest BCUT2D eigenvalue weighted by Crippen LogP contribution is 2.28. The van der Waals surface area contributed by atoms with Crippen LogP contribution in [0, 0.1) is 5.82 Å². The Hall–Kier alpha value is -3.49. The third-order valence-electron chi connectivity index (χ3n) is 5.43. The highest BCUT2D eigenvalue weighted by Gasteiger charge is 2.41. The first kappa shape index (κ1) is 25.1. The molecule has 0 aliphatic carbocycles. The van der Waals surface area contributed by atoms with Crippen molar-refractivity contribution in [1.29, 1.82) is 0 Å². The van der Waals surface area contributed by atoms with Crippen molar-refractivity contribution in [3.63, 3.8) is 0 Å². The fourth-order valence-electron chi connectivity index (χ4n) is 3.84. The van der Waals surface area contributed by atoms with Crippen LogP contribution in [0.5, 0.6) is 0 Å². The van der Waals surface area contributed by atoms with Crippen molar-refractivity contribution >= 4 is 18.0 Å². The molecule has 7 nitrogen and oxygen atoms in total. The van der Waals surface area contributed by atoms with Crippen molar-refractivity contribution in [3.8, 4) is 11.1 Å². The number of aliphatic carboxylic acids is 1. The van der Waals surface area contributed by atoms with Gasteiger partial charge in [-0.25, -0.2) is 13.6 Å². The van der Waals surface area contributed by atoms with E-state index in [4.69, 9.17) is 4.74 Å². The van der Waals surface area contributed by atoms with Gasteiger partial charge in [-0.3, -0.25) is 9.59 Å². The van der Waals surface area contributed by atoms with E-state index < -0.39 is 41.7 Å². The van der Waals surface area contributed by atoms with E-state index in [1.807, 2.05) is 0 Å². The standard InChI is InChI=1S/C25H28F2N2O5/c1-25(2,3)34-24(33)28-21(22(30)29-13-12-19(27)14-29)20(23(31)32)17-6-4-15(5-7-17)16-8-10-18(26)11-9-16/h4-11,19-21H,12-14H2,1-3H3,(H,28,33)(H,31,32)/t19-,20-,21-/m0/s1. The molecule has 1 fully saturated rings. The predicted octanol–water partition coefficient (Wildman–Crippen LogP) is 4.12. The molecular formula is C25H28F2N2O5. The second kappa shape index (κ2) is 10.2. The zero-order chi connectivity index (χ0) is 25.0. The SMILES string of the molecule is CC(C)(C)OC(=O)N[C@H](C(=O)N1CC[C@H](F)C1)[C@@H](C(=O)O)c1ccc(-c2ccc(F)cc2)cc1. The molecule has 2 aromatic carbocycles. The average Bonchev–Trinajstić information content (AvgIpc) is 3.18. The van der Waals surface area contributed by atoms with Gasteiger partial charge in [-0.1, -0.05) is 36.4 Å². The Morgan fingerprint density at radius 1 is 1.06 bits per heavy atom. The van der Waals surface area contributed by atoms with Crippen LogP contribution in [-0.4, -0.2) is 58.9 Å². The largest absolute Gasteiger partial charge is 0.481 e. The number of carboxylic acid groups (broad SMARTS) is 1. The highest BCUT2D eigenvalue weighted by atomic mass is 19.1. The Kier molecular flexibility index (Phi) is 7.54. The third-order valence-corrected chi connectivity index (χ3v) is 5.43. The number of rotatable bonds is 6. The third kappa shape index (κ3) is 6.30. The maximum Gasteiger partial charge on any atom is 0.408 e. The van der Waals surface area contributed by atoms with E-state index in [1.165, 1.54) is 29.2 Å². The van der Waals surface area contributed by atoms with E-state index in [0.29, 0.717) is 0 Å². The van der Waals surface area contributed by atoms with Gasteiger partial charge in [-0.05, 0) is 56.0 Å². The van der Waals surface area contributed by atoms with Gasteiger partial charge in [-0.15, -0.1) is 0 Å². The predicted molar refractivity (Wildman–Crippen MR) is 121 cm³/mol. The molecule has 1 heterocycles. The summed E-state index contributed by atoms with van der Waals surface area (Å²) in [5.74, 6) is -3.85. The number of amides is 2. The first-order valence-corrected chi connectivity index (χ1v) is 11.0. The lowest BCUT2D eigenvalue weighted by atomic mass is 9.89. The number of alkyl carbamates (subject to hydrolysis) is 1. The molecule has 1 saturated heterocycles. The zero-order valence-corrected chi connectivity index (χ0v) is 19.3. The van der Waals surface area contributed by atoms with Crippen LogP contribution < -0.4 is 5.32 Å². The second-order valence-electron chi connectivity index (χ2n) is 9.24. The minimum absolute atomic E-state index is 0.127. The number of carbonyl (C=O) groups is 3. The average molecular weight is 475 g/mol. The van der Waals surface area contributed by atoms with Crippen LogP contribution in [0.3, 0.4) is 0 Å². The molecule has 1 aliphatic heterocycles. The highest BCUT2D eigenvalue weighted by molar-refractivity contribution is 5.93. The van der Waals surface area contributed by atoms with Gasteiger partial charge < -0.3 is 20.1 Å². The molecule has 0 spiro atoms. The molecule has 0 radical (unpaired) electrons. The van der Waals surface area contributed by atoms with E-state index in [1.54, 1.807) is 45.0 Å². The summed E-state index contributed by atoms with van der Waals surface area (Å²) in [6.45, 7) is 4.88. The Labute approximate surface area is 196 Å². The molecule has 3 rings (SSSR count). The summed E-state index contributed by atoms with van der Waals surface area (Å²) in [5.41, 5.74) is 0.843. The van der Waals surface area contributed by atoms with Crippen LogP contribution in [0.1, 0.15) is 38.7 Å². The van der Waals surface area contributed by atoms with E-state index >= 15 is 0 Å².